The van der Waals surface area contributed by atoms with E-state index in [2.05, 4.69) is 0 Å². The average molecular weight is 297 g/mol. The Balaban J connectivity index is 1.81. The third-order valence-electron chi connectivity index (χ3n) is 4.74. The summed E-state index contributed by atoms with van der Waals surface area (Å²) in [6.07, 6.45) is 5.08. The van der Waals surface area contributed by atoms with Gasteiger partial charge in [-0.25, -0.2) is 4.79 Å². The highest BCUT2D eigenvalue weighted by Crippen LogP contribution is 2.58. The lowest BCUT2D eigenvalue weighted by Crippen LogP contribution is -2.43. The summed E-state index contributed by atoms with van der Waals surface area (Å²) in [6.45, 7) is 7.09. The van der Waals surface area contributed by atoms with Crippen molar-refractivity contribution in [2.75, 3.05) is 13.1 Å². The summed E-state index contributed by atoms with van der Waals surface area (Å²) in [7, 11) is 0. The molecule has 1 N–H and O–H groups in total. The normalized spacial score (nSPS) is 22.0. The van der Waals surface area contributed by atoms with Gasteiger partial charge >= 0.3 is 12.1 Å². The highest BCUT2D eigenvalue weighted by atomic mass is 16.6. The molecule has 1 aliphatic heterocycles. The van der Waals surface area contributed by atoms with Gasteiger partial charge < -0.3 is 14.7 Å². The summed E-state index contributed by atoms with van der Waals surface area (Å²) >= 11 is 0. The van der Waals surface area contributed by atoms with E-state index in [1.54, 1.807) is 4.90 Å². The molecule has 0 spiro atoms. The van der Waals surface area contributed by atoms with Crippen molar-refractivity contribution >= 4 is 12.1 Å². The summed E-state index contributed by atoms with van der Waals surface area (Å²) in [6, 6.07) is 0. The molecule has 1 heterocycles. The summed E-state index contributed by atoms with van der Waals surface area (Å²) in [5, 5.41) is 8.86. The highest BCUT2D eigenvalue weighted by Gasteiger charge is 2.49. The summed E-state index contributed by atoms with van der Waals surface area (Å²) in [5.74, 6) is -0.136. The van der Waals surface area contributed by atoms with E-state index >= 15 is 0 Å². The molecule has 0 radical (unpaired) electrons. The van der Waals surface area contributed by atoms with Gasteiger partial charge in [-0.3, -0.25) is 4.79 Å². The zero-order valence-electron chi connectivity index (χ0n) is 13.4. The van der Waals surface area contributed by atoms with Gasteiger partial charge in [0.1, 0.15) is 5.60 Å². The van der Waals surface area contributed by atoms with Gasteiger partial charge in [-0.05, 0) is 64.2 Å². The topological polar surface area (TPSA) is 66.8 Å². The van der Waals surface area contributed by atoms with Crippen LogP contribution in [0.15, 0.2) is 0 Å². The van der Waals surface area contributed by atoms with Crippen molar-refractivity contribution in [1.29, 1.82) is 0 Å². The Hall–Kier alpha value is -1.26. The Morgan fingerprint density at radius 3 is 2.24 bits per heavy atom. The van der Waals surface area contributed by atoms with Crippen LogP contribution in [0.2, 0.25) is 0 Å². The van der Waals surface area contributed by atoms with Gasteiger partial charge in [0.15, 0.2) is 0 Å². The SMILES string of the molecule is CC(C)(C)OC(=O)N1CCC(C2(CCC(=O)O)CC2)CC1. The fourth-order valence-corrected chi connectivity index (χ4v) is 3.38. The largest absolute Gasteiger partial charge is 0.481 e. The van der Waals surface area contributed by atoms with Crippen molar-refractivity contribution in [3.8, 4) is 0 Å². The second-order valence-electron chi connectivity index (χ2n) is 7.50. The zero-order chi connectivity index (χ0) is 15.7. The van der Waals surface area contributed by atoms with Crippen molar-refractivity contribution in [3.05, 3.63) is 0 Å². The molecule has 21 heavy (non-hydrogen) atoms. The lowest BCUT2D eigenvalue weighted by molar-refractivity contribution is -0.137. The van der Waals surface area contributed by atoms with Gasteiger partial charge in [0, 0.05) is 19.5 Å². The quantitative estimate of drug-likeness (QED) is 0.864. The predicted octanol–water partition coefficient (Wildman–Crippen LogP) is 3.28. The lowest BCUT2D eigenvalue weighted by atomic mass is 9.79. The van der Waals surface area contributed by atoms with Crippen LogP contribution in [-0.4, -0.2) is 40.8 Å². The molecule has 2 aliphatic rings. The maximum atomic E-state index is 12.0. The van der Waals surface area contributed by atoms with Crippen LogP contribution < -0.4 is 0 Å². The predicted molar refractivity (Wildman–Crippen MR) is 79.1 cm³/mol. The van der Waals surface area contributed by atoms with Gasteiger partial charge in [-0.2, -0.15) is 0 Å². The fourth-order valence-electron chi connectivity index (χ4n) is 3.38. The Morgan fingerprint density at radius 2 is 1.81 bits per heavy atom. The molecule has 1 aliphatic carbocycles. The van der Waals surface area contributed by atoms with Crippen LogP contribution in [0.3, 0.4) is 0 Å². The molecule has 0 aromatic heterocycles. The van der Waals surface area contributed by atoms with Crippen LogP contribution in [-0.2, 0) is 9.53 Å². The molecule has 2 fully saturated rings. The number of amides is 1. The monoisotopic (exact) mass is 297 g/mol. The number of rotatable bonds is 4. The first-order valence-electron chi connectivity index (χ1n) is 7.92. The summed E-state index contributed by atoms with van der Waals surface area (Å²) in [5.41, 5.74) is -0.203. The minimum atomic E-state index is -0.701. The summed E-state index contributed by atoms with van der Waals surface area (Å²) in [4.78, 5) is 24.6. The van der Waals surface area contributed by atoms with Crippen molar-refractivity contribution in [1.82, 2.24) is 4.90 Å². The Kier molecular flexibility index (Phi) is 4.49. The van der Waals surface area contributed by atoms with E-state index in [4.69, 9.17) is 9.84 Å². The highest BCUT2D eigenvalue weighted by molar-refractivity contribution is 5.68. The van der Waals surface area contributed by atoms with Crippen molar-refractivity contribution in [3.63, 3.8) is 0 Å². The molecule has 0 aromatic rings. The second kappa shape index (κ2) is 5.85. The third-order valence-corrected chi connectivity index (χ3v) is 4.74. The number of hydrogen-bond acceptors (Lipinski definition) is 3. The molecule has 5 nitrogen and oxygen atoms in total. The molecule has 1 saturated heterocycles. The smallest absolute Gasteiger partial charge is 0.410 e. The summed E-state index contributed by atoms with van der Waals surface area (Å²) < 4.78 is 5.40. The van der Waals surface area contributed by atoms with Crippen LogP contribution in [0.25, 0.3) is 0 Å². The standard InChI is InChI=1S/C16H27NO4/c1-15(2,3)21-14(20)17-10-5-12(6-11-17)16(8-9-16)7-4-13(18)19/h12H,4-11H2,1-3H3,(H,18,19). The number of ether oxygens (including phenoxy) is 1. The maximum Gasteiger partial charge on any atom is 0.410 e. The Morgan fingerprint density at radius 1 is 1.24 bits per heavy atom. The molecular weight excluding hydrogens is 270 g/mol. The molecule has 120 valence electrons. The number of nitrogens with zero attached hydrogens (tertiary/aromatic N) is 1. The number of hydrogen-bond donors (Lipinski definition) is 1. The molecule has 0 aromatic carbocycles. The molecule has 0 unspecified atom stereocenters. The van der Waals surface area contributed by atoms with E-state index in [0.717, 1.165) is 45.2 Å². The number of piperidine rings is 1. The first-order chi connectivity index (χ1) is 9.72. The molecule has 1 saturated carbocycles. The first kappa shape index (κ1) is 16.1. The number of carboxylic acids is 1. The van der Waals surface area contributed by atoms with Gasteiger partial charge in [0.2, 0.25) is 0 Å². The van der Waals surface area contributed by atoms with Crippen LogP contribution in [0.1, 0.15) is 59.3 Å². The van der Waals surface area contributed by atoms with Crippen LogP contribution in [0.4, 0.5) is 4.79 Å². The van der Waals surface area contributed by atoms with Crippen molar-refractivity contribution < 1.29 is 19.4 Å². The molecular formula is C16H27NO4. The maximum absolute atomic E-state index is 12.0. The van der Waals surface area contributed by atoms with E-state index in [1.807, 2.05) is 20.8 Å². The Labute approximate surface area is 126 Å². The molecule has 1 amide bonds. The fraction of sp³-hybridized carbons (Fsp3) is 0.875. The minimum absolute atomic E-state index is 0.226. The number of carbonyl (C=O) groups excluding carboxylic acids is 1. The van der Waals surface area contributed by atoms with Crippen LogP contribution >= 0.6 is 0 Å². The van der Waals surface area contributed by atoms with Gasteiger partial charge in [-0.15, -0.1) is 0 Å². The van der Waals surface area contributed by atoms with Crippen molar-refractivity contribution in [2.24, 2.45) is 11.3 Å². The Bertz CT molecular complexity index is 401. The second-order valence-corrected chi connectivity index (χ2v) is 7.50. The first-order valence-corrected chi connectivity index (χ1v) is 7.92. The number of carbonyl (C=O) groups is 2. The minimum Gasteiger partial charge on any atom is -0.481 e. The van der Waals surface area contributed by atoms with Crippen molar-refractivity contribution in [2.45, 2.75) is 64.9 Å². The van der Waals surface area contributed by atoms with E-state index in [9.17, 15) is 9.59 Å². The number of carboxylic acid groups (broad SMARTS) is 1. The van der Waals surface area contributed by atoms with E-state index < -0.39 is 11.6 Å². The lowest BCUT2D eigenvalue weighted by Gasteiger charge is -2.37. The van der Waals surface area contributed by atoms with Gasteiger partial charge in [0.05, 0.1) is 0 Å². The number of aliphatic carboxylic acids is 1. The molecule has 5 heteroatoms. The molecule has 2 rings (SSSR count). The van der Waals surface area contributed by atoms with Gasteiger partial charge in [0.25, 0.3) is 0 Å². The van der Waals surface area contributed by atoms with Crippen LogP contribution in [0.5, 0.6) is 0 Å². The van der Waals surface area contributed by atoms with E-state index in [0.29, 0.717) is 5.92 Å². The average Bonchev–Trinajstić information content (AvgIpc) is 3.16. The van der Waals surface area contributed by atoms with E-state index in [1.165, 1.54) is 0 Å². The van der Waals surface area contributed by atoms with Gasteiger partial charge in [-0.1, -0.05) is 0 Å². The zero-order valence-corrected chi connectivity index (χ0v) is 13.4. The third kappa shape index (κ3) is 4.35. The van der Waals surface area contributed by atoms with E-state index in [-0.39, 0.29) is 17.9 Å². The molecule has 0 bridgehead atoms. The molecule has 0 atom stereocenters. The number of likely N-dealkylation sites (tertiary alicyclic amines) is 1. The van der Waals surface area contributed by atoms with Crippen LogP contribution in [0, 0.1) is 11.3 Å².